The SMILES string of the molecule is NCCNC(=O)c1ccc(CSc2ncn[nH]2)cc1. The minimum Gasteiger partial charge on any atom is -0.351 e. The zero-order valence-corrected chi connectivity index (χ0v) is 11.1. The van der Waals surface area contributed by atoms with Crippen LogP contribution in [0.3, 0.4) is 0 Å². The quantitative estimate of drug-likeness (QED) is 0.678. The normalized spacial score (nSPS) is 10.4. The monoisotopic (exact) mass is 277 g/mol. The number of carbonyl (C=O) groups excluding carboxylic acids is 1. The Bertz CT molecular complexity index is 511. The number of nitrogens with zero attached hydrogens (tertiary/aromatic N) is 2. The number of hydrogen-bond acceptors (Lipinski definition) is 5. The van der Waals surface area contributed by atoms with Gasteiger partial charge in [-0.15, -0.1) is 0 Å². The molecule has 0 aliphatic carbocycles. The lowest BCUT2D eigenvalue weighted by Gasteiger charge is -2.04. The maximum atomic E-state index is 11.7. The van der Waals surface area contributed by atoms with Gasteiger partial charge >= 0.3 is 0 Å². The van der Waals surface area contributed by atoms with Gasteiger partial charge in [-0.3, -0.25) is 9.89 Å². The third kappa shape index (κ3) is 4.08. The summed E-state index contributed by atoms with van der Waals surface area (Å²) in [6, 6.07) is 7.48. The van der Waals surface area contributed by atoms with E-state index >= 15 is 0 Å². The first-order chi connectivity index (χ1) is 9.29. The molecule has 4 N–H and O–H groups in total. The van der Waals surface area contributed by atoms with Gasteiger partial charge < -0.3 is 11.1 Å². The van der Waals surface area contributed by atoms with Crippen molar-refractivity contribution in [3.8, 4) is 0 Å². The fourth-order valence-electron chi connectivity index (χ4n) is 1.46. The second-order valence-corrected chi connectivity index (χ2v) is 4.78. The van der Waals surface area contributed by atoms with Crippen LogP contribution < -0.4 is 11.1 Å². The van der Waals surface area contributed by atoms with E-state index in [0.29, 0.717) is 18.7 Å². The molecule has 19 heavy (non-hydrogen) atoms. The van der Waals surface area contributed by atoms with Gasteiger partial charge in [0, 0.05) is 24.4 Å². The predicted molar refractivity (Wildman–Crippen MR) is 73.8 cm³/mol. The molecular weight excluding hydrogens is 262 g/mol. The van der Waals surface area contributed by atoms with E-state index in [1.165, 1.54) is 6.33 Å². The van der Waals surface area contributed by atoms with Gasteiger partial charge in [-0.2, -0.15) is 5.10 Å². The number of aromatic amines is 1. The number of benzene rings is 1. The fraction of sp³-hybridized carbons (Fsp3) is 0.250. The predicted octanol–water partition coefficient (Wildman–Crippen LogP) is 0.785. The van der Waals surface area contributed by atoms with Crippen LogP contribution >= 0.6 is 11.8 Å². The molecular formula is C12H15N5OS. The Morgan fingerprint density at radius 3 is 2.79 bits per heavy atom. The van der Waals surface area contributed by atoms with Crippen molar-refractivity contribution in [1.82, 2.24) is 20.5 Å². The molecule has 0 aliphatic rings. The number of H-pyrrole nitrogens is 1. The minimum absolute atomic E-state index is 0.0973. The standard InChI is InChI=1S/C12H15N5OS/c13-5-6-14-11(18)10-3-1-9(2-4-10)7-19-12-15-8-16-17-12/h1-4,8H,5-7,13H2,(H,14,18)(H,15,16,17). The molecule has 100 valence electrons. The van der Waals surface area contributed by atoms with Gasteiger partial charge in [-0.05, 0) is 17.7 Å². The van der Waals surface area contributed by atoms with Crippen LogP contribution in [0.1, 0.15) is 15.9 Å². The van der Waals surface area contributed by atoms with E-state index in [9.17, 15) is 4.79 Å². The van der Waals surface area contributed by atoms with Crippen LogP contribution in [-0.2, 0) is 5.75 Å². The van der Waals surface area contributed by atoms with Crippen LogP contribution in [0.5, 0.6) is 0 Å². The Morgan fingerprint density at radius 2 is 2.16 bits per heavy atom. The summed E-state index contributed by atoms with van der Waals surface area (Å²) in [4.78, 5) is 15.7. The summed E-state index contributed by atoms with van der Waals surface area (Å²) in [6.07, 6.45) is 1.48. The van der Waals surface area contributed by atoms with Crippen LogP contribution in [0.15, 0.2) is 35.7 Å². The summed E-state index contributed by atoms with van der Waals surface area (Å²) in [7, 11) is 0. The van der Waals surface area contributed by atoms with E-state index < -0.39 is 0 Å². The number of rotatable bonds is 6. The van der Waals surface area contributed by atoms with E-state index in [1.54, 1.807) is 11.8 Å². The molecule has 1 aromatic heterocycles. The van der Waals surface area contributed by atoms with Crippen molar-refractivity contribution in [2.75, 3.05) is 13.1 Å². The van der Waals surface area contributed by atoms with Gasteiger partial charge in [-0.25, -0.2) is 4.98 Å². The Balaban J connectivity index is 1.89. The Kier molecular flexibility index (Phi) is 4.93. The first-order valence-electron chi connectivity index (χ1n) is 5.85. The third-order valence-electron chi connectivity index (χ3n) is 2.41. The summed E-state index contributed by atoms with van der Waals surface area (Å²) in [5.41, 5.74) is 7.10. The molecule has 1 amide bonds. The van der Waals surface area contributed by atoms with Gasteiger partial charge in [0.1, 0.15) is 6.33 Å². The number of aromatic nitrogens is 3. The molecule has 1 aromatic carbocycles. The van der Waals surface area contributed by atoms with Crippen molar-refractivity contribution >= 4 is 17.7 Å². The average molecular weight is 277 g/mol. The highest BCUT2D eigenvalue weighted by Gasteiger charge is 2.04. The van der Waals surface area contributed by atoms with Crippen molar-refractivity contribution in [1.29, 1.82) is 0 Å². The number of hydrogen-bond donors (Lipinski definition) is 3. The van der Waals surface area contributed by atoms with Crippen LogP contribution in [-0.4, -0.2) is 34.2 Å². The fourth-order valence-corrected chi connectivity index (χ4v) is 2.19. The largest absolute Gasteiger partial charge is 0.351 e. The maximum absolute atomic E-state index is 11.7. The van der Waals surface area contributed by atoms with Crippen LogP contribution in [0.4, 0.5) is 0 Å². The van der Waals surface area contributed by atoms with Crippen molar-refractivity contribution in [3.05, 3.63) is 41.7 Å². The van der Waals surface area contributed by atoms with Crippen molar-refractivity contribution < 1.29 is 4.79 Å². The number of nitrogens with one attached hydrogen (secondary N) is 2. The van der Waals surface area contributed by atoms with Gasteiger partial charge in [0.2, 0.25) is 0 Å². The van der Waals surface area contributed by atoms with E-state index in [2.05, 4.69) is 20.5 Å². The molecule has 0 saturated carbocycles. The molecule has 0 saturated heterocycles. The molecule has 0 unspecified atom stereocenters. The zero-order valence-electron chi connectivity index (χ0n) is 10.3. The smallest absolute Gasteiger partial charge is 0.251 e. The highest BCUT2D eigenvalue weighted by molar-refractivity contribution is 7.98. The van der Waals surface area contributed by atoms with Crippen molar-refractivity contribution in [3.63, 3.8) is 0 Å². The topological polar surface area (TPSA) is 96.7 Å². The molecule has 7 heteroatoms. The van der Waals surface area contributed by atoms with Crippen LogP contribution in [0.25, 0.3) is 0 Å². The molecule has 0 atom stereocenters. The first kappa shape index (κ1) is 13.6. The molecule has 2 aromatic rings. The molecule has 2 rings (SSSR count). The van der Waals surface area contributed by atoms with Gasteiger partial charge in [0.05, 0.1) is 0 Å². The van der Waals surface area contributed by atoms with Crippen LogP contribution in [0, 0.1) is 0 Å². The minimum atomic E-state index is -0.0973. The number of nitrogens with two attached hydrogens (primary N) is 1. The molecule has 0 aliphatic heterocycles. The average Bonchev–Trinajstić information content (AvgIpc) is 2.96. The lowest BCUT2D eigenvalue weighted by Crippen LogP contribution is -2.28. The molecule has 0 spiro atoms. The lowest BCUT2D eigenvalue weighted by molar-refractivity contribution is 0.0955. The summed E-state index contributed by atoms with van der Waals surface area (Å²) in [6.45, 7) is 0.930. The molecule has 0 fully saturated rings. The van der Waals surface area contributed by atoms with Crippen LogP contribution in [0.2, 0.25) is 0 Å². The van der Waals surface area contributed by atoms with E-state index in [4.69, 9.17) is 5.73 Å². The number of thioether (sulfide) groups is 1. The number of amides is 1. The number of carbonyl (C=O) groups is 1. The molecule has 0 radical (unpaired) electrons. The van der Waals surface area contributed by atoms with Gasteiger partial charge in [-0.1, -0.05) is 23.9 Å². The third-order valence-corrected chi connectivity index (χ3v) is 3.36. The van der Waals surface area contributed by atoms with E-state index in [-0.39, 0.29) is 5.91 Å². The Hall–Kier alpha value is -1.86. The van der Waals surface area contributed by atoms with Gasteiger partial charge in [0.25, 0.3) is 5.91 Å². The van der Waals surface area contributed by atoms with E-state index in [1.807, 2.05) is 24.3 Å². The summed E-state index contributed by atoms with van der Waals surface area (Å²) < 4.78 is 0. The Morgan fingerprint density at radius 1 is 1.37 bits per heavy atom. The summed E-state index contributed by atoms with van der Waals surface area (Å²) in [5, 5.41) is 10.1. The van der Waals surface area contributed by atoms with Gasteiger partial charge in [0.15, 0.2) is 5.16 Å². The first-order valence-corrected chi connectivity index (χ1v) is 6.83. The maximum Gasteiger partial charge on any atom is 0.251 e. The Labute approximate surface area is 115 Å². The molecule has 1 heterocycles. The second kappa shape index (κ2) is 6.91. The highest BCUT2D eigenvalue weighted by Crippen LogP contribution is 2.18. The summed E-state index contributed by atoms with van der Waals surface area (Å²) in [5.74, 6) is 0.680. The summed E-state index contributed by atoms with van der Waals surface area (Å²) >= 11 is 1.56. The highest BCUT2D eigenvalue weighted by atomic mass is 32.2. The lowest BCUT2D eigenvalue weighted by atomic mass is 10.1. The molecule has 6 nitrogen and oxygen atoms in total. The van der Waals surface area contributed by atoms with Crippen molar-refractivity contribution in [2.24, 2.45) is 5.73 Å². The zero-order chi connectivity index (χ0) is 13.5. The molecule has 0 bridgehead atoms. The second-order valence-electron chi connectivity index (χ2n) is 3.82. The van der Waals surface area contributed by atoms with Crippen molar-refractivity contribution in [2.45, 2.75) is 10.9 Å². The van der Waals surface area contributed by atoms with E-state index in [0.717, 1.165) is 16.5 Å².